The van der Waals surface area contributed by atoms with Crippen LogP contribution < -0.4 is 10.6 Å². The van der Waals surface area contributed by atoms with Gasteiger partial charge in [0.05, 0.1) is 16.1 Å². The van der Waals surface area contributed by atoms with Gasteiger partial charge in [0.15, 0.2) is 0 Å². The van der Waals surface area contributed by atoms with E-state index in [1.165, 1.54) is 32.1 Å². The van der Waals surface area contributed by atoms with Crippen LogP contribution in [0.3, 0.4) is 0 Å². The number of carbonyl (C=O) groups excluding carboxylic acids is 2. The number of aryl methyl sites for hydroxylation is 1. The summed E-state index contributed by atoms with van der Waals surface area (Å²) in [5.74, 6) is -0.304. The molecule has 1 saturated carbocycles. The topological polar surface area (TPSA) is 100 Å². The number of halogens is 1. The van der Waals surface area contributed by atoms with Crippen molar-refractivity contribution in [1.82, 2.24) is 14.9 Å². The third-order valence-electron chi connectivity index (χ3n) is 6.94. The Morgan fingerprint density at radius 2 is 1.82 bits per heavy atom. The van der Waals surface area contributed by atoms with Gasteiger partial charge in [-0.3, -0.25) is 14.6 Å². The number of hydrogen-bond acceptors (Lipinski definition) is 6. The first-order valence-corrected chi connectivity index (χ1v) is 12.2. The van der Waals surface area contributed by atoms with Crippen LogP contribution in [0.1, 0.15) is 54.8 Å². The lowest BCUT2D eigenvalue weighted by Crippen LogP contribution is -2.38. The Labute approximate surface area is 203 Å². The highest BCUT2D eigenvalue weighted by Crippen LogP contribution is 2.35. The van der Waals surface area contributed by atoms with Crippen LogP contribution in [0.4, 0.5) is 11.5 Å². The first-order valence-electron chi connectivity index (χ1n) is 11.9. The summed E-state index contributed by atoms with van der Waals surface area (Å²) in [6.45, 7) is 4.18. The smallest absolute Gasteiger partial charge is 0.294 e. The number of pyridine rings is 2. The van der Waals surface area contributed by atoms with Crippen LogP contribution in [-0.2, 0) is 4.79 Å². The first-order chi connectivity index (χ1) is 16.5. The normalized spacial score (nSPS) is 21.0. The van der Waals surface area contributed by atoms with E-state index in [4.69, 9.17) is 16.0 Å². The van der Waals surface area contributed by atoms with Crippen LogP contribution in [0.15, 0.2) is 35.0 Å². The van der Waals surface area contributed by atoms with Crippen molar-refractivity contribution in [2.24, 2.45) is 5.92 Å². The molecule has 2 amide bonds. The molecule has 2 fully saturated rings. The van der Waals surface area contributed by atoms with Crippen LogP contribution >= 0.6 is 11.6 Å². The molecule has 0 atom stereocenters. The molecule has 4 heterocycles. The molecule has 9 heteroatoms. The maximum atomic E-state index is 13.3. The van der Waals surface area contributed by atoms with Crippen LogP contribution in [0.25, 0.3) is 11.0 Å². The van der Waals surface area contributed by atoms with E-state index >= 15 is 0 Å². The zero-order valence-electron chi connectivity index (χ0n) is 19.1. The minimum Gasteiger partial charge on any atom is -0.448 e. The van der Waals surface area contributed by atoms with Crippen molar-refractivity contribution in [3.63, 3.8) is 0 Å². The summed E-state index contributed by atoms with van der Waals surface area (Å²) in [6.07, 6.45) is 9.36. The van der Waals surface area contributed by atoms with E-state index < -0.39 is 5.91 Å². The summed E-state index contributed by atoms with van der Waals surface area (Å²) < 4.78 is 5.88. The molecule has 2 N–H and O–H groups in total. The molecule has 0 spiro atoms. The van der Waals surface area contributed by atoms with Crippen molar-refractivity contribution in [2.75, 3.05) is 23.7 Å². The van der Waals surface area contributed by atoms with Gasteiger partial charge in [-0.1, -0.05) is 11.6 Å². The van der Waals surface area contributed by atoms with Gasteiger partial charge in [-0.25, -0.2) is 4.98 Å². The average Bonchev–Trinajstić information content (AvgIpc) is 3.50. The predicted molar refractivity (Wildman–Crippen MR) is 131 cm³/mol. The number of nitrogens with one attached hydrogen (secondary N) is 2. The number of fused-ring (bicyclic) bond motifs is 1. The maximum Gasteiger partial charge on any atom is 0.294 e. The number of amides is 2. The third-order valence-corrected chi connectivity index (χ3v) is 7.16. The summed E-state index contributed by atoms with van der Waals surface area (Å²) in [4.78, 5) is 37.4. The van der Waals surface area contributed by atoms with Crippen molar-refractivity contribution in [3.05, 3.63) is 47.1 Å². The fraction of sp³-hybridized carbons (Fsp3) is 0.440. The van der Waals surface area contributed by atoms with Crippen molar-refractivity contribution in [2.45, 2.75) is 51.5 Å². The number of furan rings is 1. The second-order valence-electron chi connectivity index (χ2n) is 9.13. The Bertz CT molecular complexity index is 1200. The lowest BCUT2D eigenvalue weighted by Gasteiger charge is -2.33. The van der Waals surface area contributed by atoms with E-state index in [-0.39, 0.29) is 17.6 Å². The molecule has 1 aliphatic carbocycles. The molecule has 2 aliphatic rings. The van der Waals surface area contributed by atoms with Crippen molar-refractivity contribution in [3.8, 4) is 0 Å². The summed E-state index contributed by atoms with van der Waals surface area (Å²) >= 11 is 5.89. The van der Waals surface area contributed by atoms with Crippen LogP contribution in [0.2, 0.25) is 5.02 Å². The Hall–Kier alpha value is -2.97. The molecule has 178 valence electrons. The SMILES string of the molecule is Cc1nccc2oc(C(=O)Nc3ccc(Cl)cn3)c(NC(=O)[C@H]3CC[C@H](N4CCCC4)CC3)c12. The molecule has 1 saturated heterocycles. The number of rotatable bonds is 5. The van der Waals surface area contributed by atoms with Crippen molar-refractivity contribution in [1.29, 1.82) is 0 Å². The monoisotopic (exact) mass is 481 g/mol. The number of carbonyl (C=O) groups is 2. The van der Waals surface area contributed by atoms with Gasteiger partial charge < -0.3 is 20.0 Å². The molecule has 5 rings (SSSR count). The molecule has 34 heavy (non-hydrogen) atoms. The van der Waals surface area contributed by atoms with Crippen LogP contribution in [0.5, 0.6) is 0 Å². The van der Waals surface area contributed by atoms with Gasteiger partial charge in [0.1, 0.15) is 17.1 Å². The van der Waals surface area contributed by atoms with E-state index in [9.17, 15) is 9.59 Å². The minimum absolute atomic E-state index is 0.0296. The fourth-order valence-corrected chi connectivity index (χ4v) is 5.26. The zero-order valence-corrected chi connectivity index (χ0v) is 19.9. The van der Waals surface area contributed by atoms with Gasteiger partial charge in [-0.05, 0) is 76.7 Å². The number of hydrogen-bond donors (Lipinski definition) is 2. The largest absolute Gasteiger partial charge is 0.448 e. The van der Waals surface area contributed by atoms with Gasteiger partial charge in [0, 0.05) is 24.4 Å². The second-order valence-corrected chi connectivity index (χ2v) is 9.57. The van der Waals surface area contributed by atoms with E-state index in [1.54, 1.807) is 24.4 Å². The van der Waals surface area contributed by atoms with Crippen LogP contribution in [0, 0.1) is 12.8 Å². The standard InChI is InChI=1S/C25H28ClN5O3/c1-15-21-19(10-11-27-15)34-23(25(33)29-20-9-6-17(26)14-28-20)22(21)30-24(32)16-4-7-18(8-5-16)31-12-2-3-13-31/h6,9-11,14,16,18H,2-5,7-8,12-13H2,1H3,(H,30,32)(H,28,29,33)/t16-,18-. The van der Waals surface area contributed by atoms with E-state index in [0.29, 0.717) is 39.2 Å². The summed E-state index contributed by atoms with van der Waals surface area (Å²) in [6, 6.07) is 5.52. The van der Waals surface area contributed by atoms with E-state index in [0.717, 1.165) is 25.7 Å². The highest BCUT2D eigenvalue weighted by molar-refractivity contribution is 6.30. The Balaban J connectivity index is 1.36. The van der Waals surface area contributed by atoms with Crippen LogP contribution in [-0.4, -0.2) is 45.8 Å². The number of aromatic nitrogens is 2. The average molecular weight is 482 g/mol. The predicted octanol–water partition coefficient (Wildman–Crippen LogP) is 5.03. The van der Waals surface area contributed by atoms with E-state index in [1.807, 2.05) is 6.92 Å². The molecular weight excluding hydrogens is 454 g/mol. The minimum atomic E-state index is -0.501. The van der Waals surface area contributed by atoms with Gasteiger partial charge >= 0.3 is 0 Å². The maximum absolute atomic E-state index is 13.3. The first kappa shape index (κ1) is 22.8. The molecule has 3 aromatic heterocycles. The quantitative estimate of drug-likeness (QED) is 0.530. The molecular formula is C25H28ClN5O3. The second kappa shape index (κ2) is 9.72. The molecule has 1 aliphatic heterocycles. The summed E-state index contributed by atoms with van der Waals surface area (Å²) in [5, 5.41) is 6.84. The Morgan fingerprint density at radius 3 is 2.53 bits per heavy atom. The number of nitrogens with zero attached hydrogens (tertiary/aromatic N) is 3. The summed E-state index contributed by atoms with van der Waals surface area (Å²) in [5.41, 5.74) is 1.53. The lowest BCUT2D eigenvalue weighted by atomic mass is 9.84. The lowest BCUT2D eigenvalue weighted by molar-refractivity contribution is -0.121. The van der Waals surface area contributed by atoms with E-state index in [2.05, 4.69) is 25.5 Å². The van der Waals surface area contributed by atoms with Gasteiger partial charge in [-0.2, -0.15) is 0 Å². The van der Waals surface area contributed by atoms with Crippen molar-refractivity contribution >= 4 is 45.9 Å². The fourth-order valence-electron chi connectivity index (χ4n) is 5.14. The molecule has 0 aromatic carbocycles. The molecule has 0 radical (unpaired) electrons. The zero-order chi connectivity index (χ0) is 23.7. The van der Waals surface area contributed by atoms with Gasteiger partial charge in [-0.15, -0.1) is 0 Å². The number of anilines is 2. The third kappa shape index (κ3) is 4.65. The molecule has 8 nitrogen and oxygen atoms in total. The van der Waals surface area contributed by atoms with Gasteiger partial charge in [0.2, 0.25) is 11.7 Å². The van der Waals surface area contributed by atoms with Crippen molar-refractivity contribution < 1.29 is 14.0 Å². The Morgan fingerprint density at radius 1 is 1.06 bits per heavy atom. The summed E-state index contributed by atoms with van der Waals surface area (Å²) in [7, 11) is 0. The highest BCUT2D eigenvalue weighted by Gasteiger charge is 2.32. The highest BCUT2D eigenvalue weighted by atomic mass is 35.5. The molecule has 3 aromatic rings. The molecule has 0 bridgehead atoms. The Kier molecular flexibility index (Phi) is 6.52. The number of likely N-dealkylation sites (tertiary alicyclic amines) is 1. The molecule has 0 unspecified atom stereocenters. The van der Waals surface area contributed by atoms with Gasteiger partial charge in [0.25, 0.3) is 5.91 Å².